The van der Waals surface area contributed by atoms with Gasteiger partial charge in [-0.2, -0.15) is 0 Å². The third-order valence-corrected chi connectivity index (χ3v) is 12.6. The zero-order valence-electron chi connectivity index (χ0n) is 17.6. The van der Waals surface area contributed by atoms with Crippen molar-refractivity contribution in [2.24, 2.45) is 0 Å². The molecule has 0 fully saturated rings. The Bertz CT molecular complexity index is 252. The van der Waals surface area contributed by atoms with Crippen LogP contribution >= 0.6 is 0 Å². The molecule has 0 aromatic rings. The molecule has 0 heterocycles. The summed E-state index contributed by atoms with van der Waals surface area (Å²) >= 11 is 0. The van der Waals surface area contributed by atoms with Crippen LogP contribution in [0.2, 0.25) is 39.3 Å². The van der Waals surface area contributed by atoms with E-state index in [4.69, 9.17) is 0 Å². The summed E-state index contributed by atoms with van der Waals surface area (Å²) in [6.07, 6.45) is 17.4. The third-order valence-electron chi connectivity index (χ3n) is 4.85. The highest BCUT2D eigenvalue weighted by atomic mass is 28.4. The first kappa shape index (κ1) is 23.4. The summed E-state index contributed by atoms with van der Waals surface area (Å²) in [5.74, 6) is 0. The highest BCUT2D eigenvalue weighted by Crippen LogP contribution is 2.21. The number of rotatable bonds is 15. The molecule has 0 amide bonds. The maximum absolute atomic E-state index is 2.94. The number of nitrogens with zero attached hydrogens (tertiary/aromatic N) is 1. The minimum absolute atomic E-state index is 1.13. The van der Waals surface area contributed by atoms with Crippen molar-refractivity contribution < 1.29 is 0 Å². The summed E-state index contributed by atoms with van der Waals surface area (Å²) in [5.41, 5.74) is 0. The van der Waals surface area contributed by atoms with E-state index in [1.807, 2.05) is 0 Å². The lowest BCUT2D eigenvalue weighted by Gasteiger charge is -2.43. The first-order valence-electron chi connectivity index (χ1n) is 10.5. The van der Waals surface area contributed by atoms with Gasteiger partial charge in [0.15, 0.2) is 0 Å². The van der Waals surface area contributed by atoms with Gasteiger partial charge in [-0.3, -0.25) is 0 Å². The number of hydrogen-bond donors (Lipinski definition) is 0. The average molecular weight is 358 g/mol. The molecule has 0 aromatic heterocycles. The van der Waals surface area contributed by atoms with Crippen molar-refractivity contribution >= 4 is 16.5 Å². The van der Waals surface area contributed by atoms with Crippen molar-refractivity contribution in [1.82, 2.24) is 4.23 Å². The van der Waals surface area contributed by atoms with Gasteiger partial charge < -0.3 is 4.23 Å². The van der Waals surface area contributed by atoms with Crippen LogP contribution < -0.4 is 0 Å². The van der Waals surface area contributed by atoms with Gasteiger partial charge in [0.25, 0.3) is 0 Å². The van der Waals surface area contributed by atoms with Crippen molar-refractivity contribution in [3.63, 3.8) is 0 Å². The molecule has 140 valence electrons. The quantitative estimate of drug-likeness (QED) is 0.215. The summed E-state index contributed by atoms with van der Waals surface area (Å²) in [6, 6.07) is 0. The summed E-state index contributed by atoms with van der Waals surface area (Å²) in [5, 5.41) is 0. The van der Waals surface area contributed by atoms with Crippen LogP contribution in [0, 0.1) is 0 Å². The monoisotopic (exact) mass is 357 g/mol. The number of hydrogen-bond acceptors (Lipinski definition) is 1. The first-order valence-corrected chi connectivity index (χ1v) is 17.4. The molecule has 0 N–H and O–H groups in total. The van der Waals surface area contributed by atoms with Crippen molar-refractivity contribution in [3.8, 4) is 0 Å². The Balaban J connectivity index is 3.54. The highest BCUT2D eigenvalue weighted by Gasteiger charge is 2.33. The predicted octanol–water partition coefficient (Wildman–Crippen LogP) is 7.66. The minimum atomic E-state index is -1.13. The molecule has 0 rings (SSSR count). The van der Waals surface area contributed by atoms with E-state index < -0.39 is 16.5 Å². The fourth-order valence-corrected chi connectivity index (χ4v) is 13.5. The van der Waals surface area contributed by atoms with Crippen LogP contribution in [-0.4, -0.2) is 27.2 Å². The van der Waals surface area contributed by atoms with Gasteiger partial charge in [0.05, 0.1) is 0 Å². The van der Waals surface area contributed by atoms with Crippen molar-refractivity contribution in [1.29, 1.82) is 0 Å². The zero-order chi connectivity index (χ0) is 17.8. The second-order valence-electron chi connectivity index (χ2n) is 9.38. The van der Waals surface area contributed by atoms with Crippen molar-refractivity contribution in [2.75, 3.05) is 6.54 Å². The molecule has 0 aliphatic rings. The highest BCUT2D eigenvalue weighted by molar-refractivity contribution is 6.89. The Morgan fingerprint density at radius 2 is 0.783 bits per heavy atom. The van der Waals surface area contributed by atoms with Crippen LogP contribution in [0.1, 0.15) is 84.0 Å². The lowest BCUT2D eigenvalue weighted by atomic mass is 10.1. The van der Waals surface area contributed by atoms with Crippen LogP contribution in [0.5, 0.6) is 0 Å². The van der Waals surface area contributed by atoms with E-state index in [2.05, 4.69) is 50.4 Å². The summed E-state index contributed by atoms with van der Waals surface area (Å²) in [4.78, 5) is 0. The van der Waals surface area contributed by atoms with E-state index in [1.165, 1.54) is 83.6 Å². The second-order valence-corrected chi connectivity index (χ2v) is 19.6. The Morgan fingerprint density at radius 3 is 1.09 bits per heavy atom. The fraction of sp³-hybridized carbons (Fsp3) is 1.00. The van der Waals surface area contributed by atoms with Crippen LogP contribution in [0.3, 0.4) is 0 Å². The zero-order valence-corrected chi connectivity index (χ0v) is 19.6. The van der Waals surface area contributed by atoms with Gasteiger partial charge >= 0.3 is 0 Å². The molecule has 0 bridgehead atoms. The Morgan fingerprint density at radius 1 is 0.478 bits per heavy atom. The molecule has 0 unspecified atom stereocenters. The van der Waals surface area contributed by atoms with E-state index in [1.54, 1.807) is 0 Å². The molecule has 0 atom stereocenters. The van der Waals surface area contributed by atoms with Crippen molar-refractivity contribution in [2.45, 2.75) is 123 Å². The van der Waals surface area contributed by atoms with Crippen LogP contribution in [0.15, 0.2) is 0 Å². The van der Waals surface area contributed by atoms with Gasteiger partial charge in [0.2, 0.25) is 0 Å². The molecule has 0 aliphatic carbocycles. The lowest BCUT2D eigenvalue weighted by Crippen LogP contribution is -2.59. The largest absolute Gasteiger partial charge is 0.346 e. The summed E-state index contributed by atoms with van der Waals surface area (Å²) in [6.45, 7) is 18.8. The maximum atomic E-state index is 2.94. The molecular formula is C20H47NSi2. The molecule has 23 heavy (non-hydrogen) atoms. The minimum Gasteiger partial charge on any atom is -0.346 e. The van der Waals surface area contributed by atoms with Crippen LogP contribution in [0.25, 0.3) is 0 Å². The standard InChI is InChI=1S/C20H47NSi2/c1-8-9-10-11-12-13-14-15-16-17-18-19-20-21(22(2,3)4)23(5,6)7/h8-20H2,1-7H3. The molecular weight excluding hydrogens is 310 g/mol. The molecule has 0 saturated carbocycles. The normalized spacial score (nSPS) is 13.0. The van der Waals surface area contributed by atoms with E-state index in [9.17, 15) is 0 Å². The Kier molecular flexibility index (Phi) is 12.9. The van der Waals surface area contributed by atoms with Crippen molar-refractivity contribution in [3.05, 3.63) is 0 Å². The van der Waals surface area contributed by atoms with Gasteiger partial charge in [-0.15, -0.1) is 0 Å². The van der Waals surface area contributed by atoms with Gasteiger partial charge in [-0.25, -0.2) is 0 Å². The molecule has 1 nitrogen and oxygen atoms in total. The number of unbranched alkanes of at least 4 members (excludes halogenated alkanes) is 11. The molecule has 0 radical (unpaired) electrons. The fourth-order valence-electron chi connectivity index (χ4n) is 3.79. The van der Waals surface area contributed by atoms with Crippen LogP contribution in [-0.2, 0) is 0 Å². The van der Waals surface area contributed by atoms with E-state index >= 15 is 0 Å². The average Bonchev–Trinajstić information content (AvgIpc) is 2.41. The first-order chi connectivity index (χ1) is 10.7. The molecule has 0 saturated heterocycles. The second kappa shape index (κ2) is 12.7. The summed E-state index contributed by atoms with van der Waals surface area (Å²) in [7, 11) is -2.25. The van der Waals surface area contributed by atoms with Gasteiger partial charge in [0.1, 0.15) is 16.5 Å². The van der Waals surface area contributed by atoms with Crippen LogP contribution in [0.4, 0.5) is 0 Å². The van der Waals surface area contributed by atoms with E-state index in [-0.39, 0.29) is 0 Å². The van der Waals surface area contributed by atoms with Gasteiger partial charge in [-0.05, 0) is 13.0 Å². The summed E-state index contributed by atoms with van der Waals surface area (Å²) < 4.78 is 2.94. The van der Waals surface area contributed by atoms with Gasteiger partial charge in [-0.1, -0.05) is 117 Å². The van der Waals surface area contributed by atoms with E-state index in [0.29, 0.717) is 0 Å². The smallest absolute Gasteiger partial charge is 0.112 e. The maximum Gasteiger partial charge on any atom is 0.112 e. The molecule has 0 spiro atoms. The lowest BCUT2D eigenvalue weighted by molar-refractivity contribution is 0.517. The Labute approximate surface area is 150 Å². The topological polar surface area (TPSA) is 3.24 Å². The molecule has 3 heteroatoms. The third kappa shape index (κ3) is 13.4. The molecule has 0 aromatic carbocycles. The molecule has 0 aliphatic heterocycles. The van der Waals surface area contributed by atoms with E-state index in [0.717, 1.165) is 0 Å². The Hall–Kier alpha value is 0.394. The van der Waals surface area contributed by atoms with Gasteiger partial charge in [0, 0.05) is 0 Å². The SMILES string of the molecule is CCCCCCCCCCCCCCN([Si](C)(C)C)[Si](C)(C)C. The predicted molar refractivity (Wildman–Crippen MR) is 114 cm³/mol.